The van der Waals surface area contributed by atoms with E-state index in [1.807, 2.05) is 0 Å². The second-order valence-corrected chi connectivity index (χ2v) is 6.85. The molecule has 2 aromatic rings. The van der Waals surface area contributed by atoms with E-state index < -0.39 is 0 Å². The van der Waals surface area contributed by atoms with Gasteiger partial charge in [0.2, 0.25) is 0 Å². The molecule has 1 atom stereocenters. The number of hydrogen-bond acceptors (Lipinski definition) is 1. The number of benzene rings is 1. The molecule has 0 spiro atoms. The molecule has 1 heterocycles. The van der Waals surface area contributed by atoms with Crippen LogP contribution in [0.3, 0.4) is 0 Å². The maximum absolute atomic E-state index is 6.15. The number of halogens is 1. The van der Waals surface area contributed by atoms with Crippen LogP contribution >= 0.6 is 11.6 Å². The fraction of sp³-hybridized carbons (Fsp3) is 0.562. The van der Waals surface area contributed by atoms with Gasteiger partial charge in [0.25, 0.3) is 0 Å². The first-order valence-electron chi connectivity index (χ1n) is 7.01. The Kier molecular flexibility index (Phi) is 4.19. The Labute approximate surface area is 120 Å². The summed E-state index contributed by atoms with van der Waals surface area (Å²) < 4.78 is 2.09. The summed E-state index contributed by atoms with van der Waals surface area (Å²) in [6.45, 7) is 9.64. The van der Waals surface area contributed by atoms with Crippen molar-refractivity contribution in [3.8, 4) is 0 Å². The van der Waals surface area contributed by atoms with Gasteiger partial charge in [0.15, 0.2) is 0 Å². The van der Waals surface area contributed by atoms with Gasteiger partial charge in [0.05, 0.1) is 11.2 Å². The van der Waals surface area contributed by atoms with Crippen LogP contribution < -0.4 is 0 Å². The molecule has 0 fully saturated rings. The van der Waals surface area contributed by atoms with Crippen LogP contribution in [0.15, 0.2) is 24.3 Å². The fourth-order valence-corrected chi connectivity index (χ4v) is 3.27. The molecule has 1 aromatic carbocycles. The number of hydrogen-bond donors (Lipinski definition) is 0. The molecule has 0 saturated carbocycles. The van der Waals surface area contributed by atoms with E-state index in [4.69, 9.17) is 16.7 Å². The van der Waals surface area contributed by atoms with E-state index in [0.717, 1.165) is 19.4 Å². The molecule has 19 heavy (non-hydrogen) atoms. The molecule has 3 heteroatoms. The van der Waals surface area contributed by atoms with Crippen LogP contribution in [0.5, 0.6) is 0 Å². The van der Waals surface area contributed by atoms with E-state index in [9.17, 15) is 0 Å². The Morgan fingerprint density at radius 1 is 1.32 bits per heavy atom. The van der Waals surface area contributed by atoms with E-state index in [0.29, 0.717) is 0 Å². The Morgan fingerprint density at radius 2 is 2.00 bits per heavy atom. The van der Waals surface area contributed by atoms with Gasteiger partial charge in [-0.15, -0.1) is 11.6 Å². The average Bonchev–Trinajstić information content (AvgIpc) is 2.65. The van der Waals surface area contributed by atoms with Crippen molar-refractivity contribution >= 4 is 22.5 Å². The zero-order valence-electron chi connectivity index (χ0n) is 12.3. The van der Waals surface area contributed by atoms with Gasteiger partial charge in [-0.25, -0.2) is 0 Å². The summed E-state index contributed by atoms with van der Waals surface area (Å²) in [7, 11) is 0. The van der Waals surface area contributed by atoms with E-state index in [2.05, 4.69) is 56.6 Å². The van der Waals surface area contributed by atoms with Crippen LogP contribution in [-0.4, -0.2) is 15.2 Å². The summed E-state index contributed by atoms with van der Waals surface area (Å²) in [4.78, 5) is 0. The summed E-state index contributed by atoms with van der Waals surface area (Å²) in [6, 6.07) is 8.48. The van der Waals surface area contributed by atoms with Crippen molar-refractivity contribution in [2.45, 2.75) is 52.5 Å². The largest absolute Gasteiger partial charge is 0.265 e. The lowest BCUT2D eigenvalue weighted by Gasteiger charge is -2.25. The molecular weight excluding hydrogens is 256 g/mol. The monoisotopic (exact) mass is 278 g/mol. The van der Waals surface area contributed by atoms with Crippen molar-refractivity contribution in [1.82, 2.24) is 9.78 Å². The molecule has 0 aliphatic heterocycles. The van der Waals surface area contributed by atoms with Crippen LogP contribution in [0.4, 0.5) is 0 Å². The van der Waals surface area contributed by atoms with Crippen LogP contribution in [-0.2, 0) is 13.0 Å². The minimum atomic E-state index is 0.177. The molecule has 0 saturated heterocycles. The summed E-state index contributed by atoms with van der Waals surface area (Å²) in [5.74, 6) is 0. The van der Waals surface area contributed by atoms with Crippen molar-refractivity contribution in [2.75, 3.05) is 0 Å². The molecule has 1 aromatic heterocycles. The Balaban J connectivity index is 2.35. The third kappa shape index (κ3) is 3.30. The molecule has 0 bridgehead atoms. The fourth-order valence-electron chi connectivity index (χ4n) is 2.85. The van der Waals surface area contributed by atoms with Crippen molar-refractivity contribution in [2.24, 2.45) is 5.41 Å². The standard InChI is InChI=1S/C16H23ClN2/c1-5-19-15-9-7-6-8-13(15)14(18-19)11-16(3,4)10-12(2)17/h6-9,12H,5,10-11H2,1-4H3. The highest BCUT2D eigenvalue weighted by atomic mass is 35.5. The predicted octanol–water partition coefficient (Wildman–Crippen LogP) is 4.64. The van der Waals surface area contributed by atoms with Crippen LogP contribution in [0.2, 0.25) is 0 Å². The van der Waals surface area contributed by atoms with E-state index in [1.54, 1.807) is 0 Å². The topological polar surface area (TPSA) is 17.8 Å². The number of nitrogens with zero attached hydrogens (tertiary/aromatic N) is 2. The number of aryl methyl sites for hydroxylation is 1. The molecule has 0 radical (unpaired) electrons. The molecule has 2 nitrogen and oxygen atoms in total. The molecule has 104 valence electrons. The lowest BCUT2D eigenvalue weighted by molar-refractivity contribution is 0.328. The molecule has 0 amide bonds. The third-order valence-electron chi connectivity index (χ3n) is 3.51. The number of rotatable bonds is 5. The second kappa shape index (κ2) is 5.54. The zero-order valence-corrected chi connectivity index (χ0v) is 13.0. The van der Waals surface area contributed by atoms with E-state index >= 15 is 0 Å². The first-order valence-corrected chi connectivity index (χ1v) is 7.45. The molecule has 0 aliphatic carbocycles. The highest BCUT2D eigenvalue weighted by Gasteiger charge is 2.23. The van der Waals surface area contributed by atoms with Gasteiger partial charge in [-0.3, -0.25) is 4.68 Å². The minimum absolute atomic E-state index is 0.177. The smallest absolute Gasteiger partial charge is 0.0708 e. The number of aromatic nitrogens is 2. The van der Waals surface area contributed by atoms with Crippen LogP contribution in [0, 0.1) is 5.41 Å². The predicted molar refractivity (Wildman–Crippen MR) is 82.8 cm³/mol. The summed E-state index contributed by atoms with van der Waals surface area (Å²) in [5, 5.41) is 6.25. The molecule has 0 N–H and O–H groups in total. The number of alkyl halides is 1. The second-order valence-electron chi connectivity index (χ2n) is 6.11. The van der Waals surface area contributed by atoms with Gasteiger partial charge in [-0.05, 0) is 38.2 Å². The van der Waals surface area contributed by atoms with Crippen LogP contribution in [0.1, 0.15) is 39.8 Å². The Morgan fingerprint density at radius 3 is 2.63 bits per heavy atom. The average molecular weight is 279 g/mol. The normalized spacial score (nSPS) is 13.9. The summed E-state index contributed by atoms with van der Waals surface area (Å²) in [5.41, 5.74) is 2.60. The lowest BCUT2D eigenvalue weighted by Crippen LogP contribution is -2.19. The lowest BCUT2D eigenvalue weighted by atomic mass is 9.83. The highest BCUT2D eigenvalue weighted by Crippen LogP contribution is 2.31. The van der Waals surface area contributed by atoms with Gasteiger partial charge in [-0.1, -0.05) is 32.0 Å². The third-order valence-corrected chi connectivity index (χ3v) is 3.67. The number of fused-ring (bicyclic) bond motifs is 1. The quantitative estimate of drug-likeness (QED) is 0.729. The van der Waals surface area contributed by atoms with Crippen LogP contribution in [0.25, 0.3) is 10.9 Å². The summed E-state index contributed by atoms with van der Waals surface area (Å²) >= 11 is 6.15. The summed E-state index contributed by atoms with van der Waals surface area (Å²) in [6.07, 6.45) is 1.97. The Bertz CT molecular complexity index is 555. The maximum atomic E-state index is 6.15. The van der Waals surface area contributed by atoms with E-state index in [1.165, 1.54) is 16.6 Å². The van der Waals surface area contributed by atoms with Crippen molar-refractivity contribution in [3.63, 3.8) is 0 Å². The first-order chi connectivity index (χ1) is 8.93. The van der Waals surface area contributed by atoms with Gasteiger partial charge >= 0.3 is 0 Å². The molecule has 1 unspecified atom stereocenters. The van der Waals surface area contributed by atoms with Crippen molar-refractivity contribution in [3.05, 3.63) is 30.0 Å². The first kappa shape index (κ1) is 14.4. The maximum Gasteiger partial charge on any atom is 0.0708 e. The SMILES string of the molecule is CCn1nc(CC(C)(C)CC(C)Cl)c2ccccc21. The Hall–Kier alpha value is -1.02. The van der Waals surface area contributed by atoms with Gasteiger partial charge < -0.3 is 0 Å². The van der Waals surface area contributed by atoms with E-state index in [-0.39, 0.29) is 10.8 Å². The van der Waals surface area contributed by atoms with Crippen molar-refractivity contribution < 1.29 is 0 Å². The highest BCUT2D eigenvalue weighted by molar-refractivity contribution is 6.20. The minimum Gasteiger partial charge on any atom is -0.265 e. The zero-order chi connectivity index (χ0) is 14.0. The van der Waals surface area contributed by atoms with Gasteiger partial charge in [0, 0.05) is 17.3 Å². The number of para-hydroxylation sites is 1. The van der Waals surface area contributed by atoms with Crippen molar-refractivity contribution in [1.29, 1.82) is 0 Å². The van der Waals surface area contributed by atoms with Gasteiger partial charge in [0.1, 0.15) is 0 Å². The molecule has 0 aliphatic rings. The molecule has 2 rings (SSSR count). The molecular formula is C16H23ClN2. The van der Waals surface area contributed by atoms with Gasteiger partial charge in [-0.2, -0.15) is 5.10 Å².